The molecule has 3 rings (SSSR count). The lowest BCUT2D eigenvalue weighted by Gasteiger charge is -2.25. The smallest absolute Gasteiger partial charge is 0.227 e. The van der Waals surface area contributed by atoms with Crippen LogP contribution in [0, 0.1) is 11.6 Å². The van der Waals surface area contributed by atoms with Gasteiger partial charge in [-0.15, -0.1) is 0 Å². The van der Waals surface area contributed by atoms with E-state index in [9.17, 15) is 13.6 Å². The van der Waals surface area contributed by atoms with Gasteiger partial charge in [0, 0.05) is 6.54 Å². The highest BCUT2D eigenvalue weighted by Crippen LogP contribution is 2.32. The number of carbonyl (C=O) groups excluding carboxylic acids is 1. The maximum absolute atomic E-state index is 13.2. The van der Waals surface area contributed by atoms with Crippen LogP contribution in [-0.4, -0.2) is 17.4 Å². The van der Waals surface area contributed by atoms with E-state index in [1.54, 1.807) is 24.3 Å². The molecule has 1 aliphatic heterocycles. The molecular weight excluding hydrogens is 284 g/mol. The number of carbonyl (C=O) groups is 1. The first-order chi connectivity index (χ1) is 10.6. The van der Waals surface area contributed by atoms with Crippen molar-refractivity contribution in [2.45, 2.75) is 25.3 Å². The molecule has 1 aliphatic rings. The molecule has 1 atom stereocenters. The first-order valence-electron chi connectivity index (χ1n) is 7.43. The Labute approximate surface area is 128 Å². The first-order valence-corrected chi connectivity index (χ1v) is 7.43. The third-order valence-electron chi connectivity index (χ3n) is 4.07. The molecule has 2 aromatic rings. The summed E-state index contributed by atoms with van der Waals surface area (Å²) >= 11 is 0. The normalized spacial score (nSPS) is 17.7. The average molecular weight is 301 g/mol. The Morgan fingerprint density at radius 3 is 2.59 bits per heavy atom. The van der Waals surface area contributed by atoms with E-state index in [2.05, 4.69) is 0 Å². The van der Waals surface area contributed by atoms with Crippen LogP contribution in [0.25, 0.3) is 0 Å². The van der Waals surface area contributed by atoms with Crippen molar-refractivity contribution in [1.82, 2.24) is 4.90 Å². The highest BCUT2D eigenvalue weighted by molar-refractivity contribution is 5.79. The fraction of sp³-hybridized carbons (Fsp3) is 0.278. The minimum atomic E-state index is -0.332. The first kappa shape index (κ1) is 14.7. The van der Waals surface area contributed by atoms with Gasteiger partial charge in [0.1, 0.15) is 11.6 Å². The molecule has 0 bridgehead atoms. The molecule has 0 saturated carbocycles. The van der Waals surface area contributed by atoms with E-state index in [1.807, 2.05) is 4.90 Å². The summed E-state index contributed by atoms with van der Waals surface area (Å²) in [6.07, 6.45) is 1.99. The molecule has 1 fully saturated rings. The van der Waals surface area contributed by atoms with E-state index in [-0.39, 0.29) is 30.0 Å². The Morgan fingerprint density at radius 1 is 1.09 bits per heavy atom. The number of amides is 1. The molecule has 0 N–H and O–H groups in total. The molecule has 0 spiro atoms. The van der Waals surface area contributed by atoms with E-state index in [4.69, 9.17) is 0 Å². The van der Waals surface area contributed by atoms with Gasteiger partial charge in [-0.2, -0.15) is 0 Å². The van der Waals surface area contributed by atoms with Crippen molar-refractivity contribution in [3.8, 4) is 0 Å². The number of halogens is 2. The maximum atomic E-state index is 13.2. The lowest BCUT2D eigenvalue weighted by atomic mass is 10.0. The second-order valence-corrected chi connectivity index (χ2v) is 5.60. The summed E-state index contributed by atoms with van der Waals surface area (Å²) in [4.78, 5) is 14.3. The Bertz CT molecular complexity index is 669. The zero-order valence-corrected chi connectivity index (χ0v) is 12.1. The highest BCUT2D eigenvalue weighted by atomic mass is 19.1. The van der Waals surface area contributed by atoms with Crippen molar-refractivity contribution >= 4 is 5.91 Å². The van der Waals surface area contributed by atoms with Gasteiger partial charge < -0.3 is 4.90 Å². The molecule has 1 heterocycles. The number of hydrogen-bond acceptors (Lipinski definition) is 1. The predicted molar refractivity (Wildman–Crippen MR) is 80.2 cm³/mol. The Balaban J connectivity index is 1.75. The second-order valence-electron chi connectivity index (χ2n) is 5.60. The van der Waals surface area contributed by atoms with Crippen LogP contribution in [0.1, 0.15) is 30.0 Å². The fourth-order valence-electron chi connectivity index (χ4n) is 3.02. The van der Waals surface area contributed by atoms with E-state index in [1.165, 1.54) is 24.3 Å². The molecule has 0 unspecified atom stereocenters. The number of likely N-dealkylation sites (tertiary alicyclic amines) is 1. The third-order valence-corrected chi connectivity index (χ3v) is 4.07. The fourth-order valence-corrected chi connectivity index (χ4v) is 3.02. The van der Waals surface area contributed by atoms with Gasteiger partial charge in [0.05, 0.1) is 12.5 Å². The maximum Gasteiger partial charge on any atom is 0.227 e. The van der Waals surface area contributed by atoms with Crippen LogP contribution in [0.15, 0.2) is 48.5 Å². The van der Waals surface area contributed by atoms with Gasteiger partial charge >= 0.3 is 0 Å². The van der Waals surface area contributed by atoms with Crippen LogP contribution in [0.2, 0.25) is 0 Å². The minimum Gasteiger partial charge on any atom is -0.335 e. The molecule has 22 heavy (non-hydrogen) atoms. The van der Waals surface area contributed by atoms with Gasteiger partial charge in [0.25, 0.3) is 0 Å². The summed E-state index contributed by atoms with van der Waals surface area (Å²) < 4.78 is 26.3. The number of nitrogens with zero attached hydrogens (tertiary/aromatic N) is 1. The van der Waals surface area contributed by atoms with E-state index in [0.717, 1.165) is 18.4 Å². The van der Waals surface area contributed by atoms with Gasteiger partial charge in [-0.1, -0.05) is 24.3 Å². The van der Waals surface area contributed by atoms with Crippen LogP contribution >= 0.6 is 0 Å². The predicted octanol–water partition coefficient (Wildman–Crippen LogP) is 3.87. The lowest BCUT2D eigenvalue weighted by molar-refractivity contribution is -0.131. The van der Waals surface area contributed by atoms with Gasteiger partial charge in [0.2, 0.25) is 5.91 Å². The zero-order chi connectivity index (χ0) is 15.5. The standard InChI is InChI=1S/C18H17F2NO/c19-15-8-6-14(7-9-15)17-5-2-10-21(17)18(22)12-13-3-1-4-16(20)11-13/h1,3-4,6-9,11,17H,2,5,10,12H2/t17-/m1/s1. The third kappa shape index (κ3) is 3.16. The second kappa shape index (κ2) is 6.26. The summed E-state index contributed by atoms with van der Waals surface area (Å²) in [6, 6.07) is 12.4. The number of hydrogen-bond donors (Lipinski definition) is 0. The molecule has 2 nitrogen and oxygen atoms in total. The van der Waals surface area contributed by atoms with Gasteiger partial charge in [0.15, 0.2) is 0 Å². The Kier molecular flexibility index (Phi) is 4.18. The SMILES string of the molecule is O=C(Cc1cccc(F)c1)N1CCC[C@@H]1c1ccc(F)cc1. The van der Waals surface area contributed by atoms with E-state index >= 15 is 0 Å². The van der Waals surface area contributed by atoms with Crippen LogP contribution in [0.4, 0.5) is 8.78 Å². The minimum absolute atomic E-state index is 0.0124. The molecule has 0 radical (unpaired) electrons. The molecule has 0 aliphatic carbocycles. The van der Waals surface area contributed by atoms with Gasteiger partial charge in [-0.25, -0.2) is 8.78 Å². The molecule has 4 heteroatoms. The van der Waals surface area contributed by atoms with Crippen molar-refractivity contribution < 1.29 is 13.6 Å². The van der Waals surface area contributed by atoms with Crippen molar-refractivity contribution in [2.24, 2.45) is 0 Å². The summed E-state index contributed by atoms with van der Waals surface area (Å²) in [6.45, 7) is 0.691. The quantitative estimate of drug-likeness (QED) is 0.842. The van der Waals surface area contributed by atoms with E-state index < -0.39 is 0 Å². The molecular formula is C18H17F2NO. The van der Waals surface area contributed by atoms with Crippen LogP contribution < -0.4 is 0 Å². The highest BCUT2D eigenvalue weighted by Gasteiger charge is 2.29. The van der Waals surface area contributed by atoms with Crippen molar-refractivity contribution in [1.29, 1.82) is 0 Å². The van der Waals surface area contributed by atoms with Gasteiger partial charge in [-0.05, 0) is 48.2 Å². The number of benzene rings is 2. The van der Waals surface area contributed by atoms with Gasteiger partial charge in [-0.3, -0.25) is 4.79 Å². The van der Waals surface area contributed by atoms with Crippen molar-refractivity contribution in [3.63, 3.8) is 0 Å². The summed E-state index contributed by atoms with van der Waals surface area (Å²) in [5.41, 5.74) is 1.63. The molecule has 0 aromatic heterocycles. The van der Waals surface area contributed by atoms with Crippen molar-refractivity contribution in [2.75, 3.05) is 6.54 Å². The summed E-state index contributed by atoms with van der Waals surface area (Å²) in [5.74, 6) is -0.626. The molecule has 2 aromatic carbocycles. The number of rotatable bonds is 3. The van der Waals surface area contributed by atoms with E-state index in [0.29, 0.717) is 12.1 Å². The van der Waals surface area contributed by atoms with Crippen LogP contribution in [0.3, 0.4) is 0 Å². The molecule has 1 amide bonds. The lowest BCUT2D eigenvalue weighted by Crippen LogP contribution is -2.31. The zero-order valence-electron chi connectivity index (χ0n) is 12.1. The topological polar surface area (TPSA) is 20.3 Å². The van der Waals surface area contributed by atoms with Crippen molar-refractivity contribution in [3.05, 3.63) is 71.3 Å². The Hall–Kier alpha value is -2.23. The van der Waals surface area contributed by atoms with Crippen LogP contribution in [-0.2, 0) is 11.2 Å². The monoisotopic (exact) mass is 301 g/mol. The van der Waals surface area contributed by atoms with Crippen LogP contribution in [0.5, 0.6) is 0 Å². The molecule has 1 saturated heterocycles. The summed E-state index contributed by atoms with van der Waals surface area (Å²) in [7, 11) is 0. The Morgan fingerprint density at radius 2 is 1.86 bits per heavy atom. The molecule has 114 valence electrons. The average Bonchev–Trinajstić information content (AvgIpc) is 2.97. The summed E-state index contributed by atoms with van der Waals surface area (Å²) in [5, 5.41) is 0. The largest absolute Gasteiger partial charge is 0.335 e.